The minimum Gasteiger partial charge on any atom is -0.457 e. The Labute approximate surface area is 165 Å². The number of aryl methyl sites for hydroxylation is 1. The number of nitrogens with zero attached hydrogens (tertiary/aromatic N) is 1. The van der Waals surface area contributed by atoms with Gasteiger partial charge in [-0.2, -0.15) is 0 Å². The number of esters is 1. The van der Waals surface area contributed by atoms with Gasteiger partial charge in [0.2, 0.25) is 0 Å². The monoisotopic (exact) mass is 395 g/mol. The van der Waals surface area contributed by atoms with Gasteiger partial charge >= 0.3 is 5.97 Å². The van der Waals surface area contributed by atoms with Gasteiger partial charge in [0.05, 0.1) is 10.6 Å². The summed E-state index contributed by atoms with van der Waals surface area (Å²) < 4.78 is 24.9. The van der Waals surface area contributed by atoms with E-state index >= 15 is 0 Å². The van der Waals surface area contributed by atoms with Crippen LogP contribution in [0.5, 0.6) is 0 Å². The van der Waals surface area contributed by atoms with Gasteiger partial charge < -0.3 is 9.26 Å². The van der Waals surface area contributed by atoms with E-state index in [1.807, 2.05) is 42.5 Å². The van der Waals surface area contributed by atoms with Crippen molar-refractivity contribution in [3.8, 4) is 11.3 Å². The first-order valence-electron chi connectivity index (χ1n) is 8.60. The molecule has 0 aliphatic carbocycles. The molecule has 0 unspecified atom stereocenters. The molecular formula is C22H15ClFNO3. The SMILES string of the molecule is Cc1onc(-c2c(F)cccc2Cl)c1C(=O)OCc1cccc2ccccc12. The fourth-order valence-electron chi connectivity index (χ4n) is 3.14. The molecule has 0 fully saturated rings. The number of benzene rings is 3. The summed E-state index contributed by atoms with van der Waals surface area (Å²) >= 11 is 6.11. The average molecular weight is 396 g/mol. The van der Waals surface area contributed by atoms with Crippen LogP contribution in [0.1, 0.15) is 21.7 Å². The molecule has 1 aromatic heterocycles. The molecule has 4 rings (SSSR count). The highest BCUT2D eigenvalue weighted by Crippen LogP contribution is 2.34. The van der Waals surface area contributed by atoms with Gasteiger partial charge in [-0.3, -0.25) is 0 Å². The Morgan fingerprint density at radius 3 is 2.68 bits per heavy atom. The summed E-state index contributed by atoms with van der Waals surface area (Å²) in [6, 6.07) is 17.9. The molecule has 0 aliphatic heterocycles. The Hall–Kier alpha value is -3.18. The molecule has 0 amide bonds. The zero-order valence-corrected chi connectivity index (χ0v) is 15.7. The van der Waals surface area contributed by atoms with Gasteiger partial charge in [0.25, 0.3) is 0 Å². The Morgan fingerprint density at radius 1 is 1.11 bits per heavy atom. The molecule has 0 saturated heterocycles. The molecule has 0 spiro atoms. The van der Waals surface area contributed by atoms with Gasteiger partial charge in [0.15, 0.2) is 0 Å². The zero-order valence-electron chi connectivity index (χ0n) is 14.9. The second kappa shape index (κ2) is 7.44. The van der Waals surface area contributed by atoms with Crippen molar-refractivity contribution in [2.24, 2.45) is 0 Å². The molecule has 28 heavy (non-hydrogen) atoms. The molecule has 0 radical (unpaired) electrons. The molecule has 6 heteroatoms. The molecule has 140 valence electrons. The maximum absolute atomic E-state index is 14.3. The number of rotatable bonds is 4. The third kappa shape index (κ3) is 3.25. The zero-order chi connectivity index (χ0) is 19.7. The van der Waals surface area contributed by atoms with Crippen LogP contribution in [0.15, 0.2) is 65.2 Å². The number of carbonyl (C=O) groups is 1. The summed E-state index contributed by atoms with van der Waals surface area (Å²) in [5.74, 6) is -1.01. The van der Waals surface area contributed by atoms with Crippen molar-refractivity contribution in [2.75, 3.05) is 0 Å². The van der Waals surface area contributed by atoms with Crippen molar-refractivity contribution < 1.29 is 18.4 Å². The highest BCUT2D eigenvalue weighted by Gasteiger charge is 2.26. The lowest BCUT2D eigenvalue weighted by atomic mass is 10.0. The molecule has 0 N–H and O–H groups in total. The largest absolute Gasteiger partial charge is 0.457 e. The first-order chi connectivity index (χ1) is 13.6. The predicted molar refractivity (Wildman–Crippen MR) is 105 cm³/mol. The lowest BCUT2D eigenvalue weighted by Gasteiger charge is -2.09. The lowest BCUT2D eigenvalue weighted by Crippen LogP contribution is -2.08. The molecule has 0 atom stereocenters. The highest BCUT2D eigenvalue weighted by molar-refractivity contribution is 6.33. The Kier molecular flexibility index (Phi) is 4.84. The van der Waals surface area contributed by atoms with Crippen LogP contribution < -0.4 is 0 Å². The van der Waals surface area contributed by atoms with Crippen LogP contribution in [0.25, 0.3) is 22.0 Å². The van der Waals surface area contributed by atoms with E-state index in [1.54, 1.807) is 6.92 Å². The number of carbonyl (C=O) groups excluding carboxylic acids is 1. The van der Waals surface area contributed by atoms with E-state index in [4.69, 9.17) is 20.9 Å². The average Bonchev–Trinajstić information content (AvgIpc) is 3.07. The number of hydrogen-bond donors (Lipinski definition) is 0. The van der Waals surface area contributed by atoms with Gasteiger partial charge in [-0.1, -0.05) is 65.3 Å². The number of fused-ring (bicyclic) bond motifs is 1. The molecule has 0 aliphatic rings. The molecule has 4 nitrogen and oxygen atoms in total. The van der Waals surface area contributed by atoms with Crippen LogP contribution in [-0.2, 0) is 11.3 Å². The van der Waals surface area contributed by atoms with Crippen LogP contribution in [0.4, 0.5) is 4.39 Å². The summed E-state index contributed by atoms with van der Waals surface area (Å²) in [7, 11) is 0. The second-order valence-electron chi connectivity index (χ2n) is 6.27. The molecular weight excluding hydrogens is 381 g/mol. The number of hydrogen-bond acceptors (Lipinski definition) is 4. The van der Waals surface area contributed by atoms with E-state index in [2.05, 4.69) is 5.16 Å². The number of ether oxygens (including phenoxy) is 1. The third-order valence-corrected chi connectivity index (χ3v) is 4.82. The van der Waals surface area contributed by atoms with Gasteiger partial charge in [-0.05, 0) is 35.4 Å². The topological polar surface area (TPSA) is 52.3 Å². The van der Waals surface area contributed by atoms with Crippen molar-refractivity contribution in [1.29, 1.82) is 0 Å². The van der Waals surface area contributed by atoms with Gasteiger partial charge in [-0.15, -0.1) is 0 Å². The minimum atomic E-state index is -0.652. The Balaban J connectivity index is 1.65. The van der Waals surface area contributed by atoms with E-state index < -0.39 is 11.8 Å². The van der Waals surface area contributed by atoms with Crippen LogP contribution in [-0.4, -0.2) is 11.1 Å². The maximum Gasteiger partial charge on any atom is 0.344 e. The Bertz CT molecular complexity index is 1160. The van der Waals surface area contributed by atoms with E-state index in [0.29, 0.717) is 0 Å². The van der Waals surface area contributed by atoms with Crippen molar-refractivity contribution in [3.63, 3.8) is 0 Å². The quantitative estimate of drug-likeness (QED) is 0.400. The number of halogens is 2. The fraction of sp³-hybridized carbons (Fsp3) is 0.0909. The first-order valence-corrected chi connectivity index (χ1v) is 8.98. The van der Waals surface area contributed by atoms with Crippen LogP contribution in [0, 0.1) is 12.7 Å². The van der Waals surface area contributed by atoms with E-state index in [-0.39, 0.29) is 34.2 Å². The second-order valence-corrected chi connectivity index (χ2v) is 6.68. The lowest BCUT2D eigenvalue weighted by molar-refractivity contribution is 0.0473. The van der Waals surface area contributed by atoms with Gasteiger partial charge in [0.1, 0.15) is 29.4 Å². The van der Waals surface area contributed by atoms with E-state index in [1.165, 1.54) is 18.2 Å². The highest BCUT2D eigenvalue weighted by atomic mass is 35.5. The van der Waals surface area contributed by atoms with Gasteiger partial charge in [0, 0.05) is 0 Å². The summed E-state index contributed by atoms with van der Waals surface area (Å²) in [4.78, 5) is 12.8. The summed E-state index contributed by atoms with van der Waals surface area (Å²) in [6.07, 6.45) is 0. The fourth-order valence-corrected chi connectivity index (χ4v) is 3.39. The Morgan fingerprint density at radius 2 is 1.86 bits per heavy atom. The molecule has 4 aromatic rings. The van der Waals surface area contributed by atoms with Crippen LogP contribution in [0.2, 0.25) is 5.02 Å². The van der Waals surface area contributed by atoms with Crippen molar-refractivity contribution in [3.05, 3.63) is 88.4 Å². The summed E-state index contributed by atoms with van der Waals surface area (Å²) in [5.41, 5.74) is 0.972. The van der Waals surface area contributed by atoms with Crippen molar-refractivity contribution in [1.82, 2.24) is 5.16 Å². The van der Waals surface area contributed by atoms with E-state index in [0.717, 1.165) is 16.3 Å². The summed E-state index contributed by atoms with van der Waals surface area (Å²) in [5, 5.41) is 6.02. The standard InChI is InChI=1S/C22H15ClFNO3/c1-13-19(21(25-28-13)20-17(23)10-5-11-18(20)24)22(26)27-12-15-8-4-7-14-6-2-3-9-16(14)15/h2-11H,12H2,1H3. The third-order valence-electron chi connectivity index (χ3n) is 4.51. The normalized spacial score (nSPS) is 11.0. The van der Waals surface area contributed by atoms with Crippen LogP contribution in [0.3, 0.4) is 0 Å². The van der Waals surface area contributed by atoms with Crippen LogP contribution >= 0.6 is 11.6 Å². The maximum atomic E-state index is 14.3. The van der Waals surface area contributed by atoms with Gasteiger partial charge in [-0.25, -0.2) is 9.18 Å². The smallest absolute Gasteiger partial charge is 0.344 e. The van der Waals surface area contributed by atoms with Crippen molar-refractivity contribution >= 4 is 28.3 Å². The van der Waals surface area contributed by atoms with Crippen molar-refractivity contribution in [2.45, 2.75) is 13.5 Å². The summed E-state index contributed by atoms with van der Waals surface area (Å²) in [6.45, 7) is 1.63. The molecule has 1 heterocycles. The minimum absolute atomic E-state index is 0.0122. The first kappa shape index (κ1) is 18.2. The molecule has 0 saturated carbocycles. The molecule has 0 bridgehead atoms. The number of aromatic nitrogens is 1. The predicted octanol–water partition coefficient (Wildman–Crippen LogP) is 5.95. The molecule has 3 aromatic carbocycles. The van der Waals surface area contributed by atoms with E-state index in [9.17, 15) is 9.18 Å².